The number of nitrogens with one attached hydrogen (secondary N) is 3. The van der Waals surface area contributed by atoms with Crippen LogP contribution in [0.1, 0.15) is 16.7 Å². The van der Waals surface area contributed by atoms with Crippen molar-refractivity contribution in [2.75, 3.05) is 46.2 Å². The van der Waals surface area contributed by atoms with Gasteiger partial charge in [0.05, 0.1) is 6.20 Å². The largest absolute Gasteiger partial charge is 0.355 e. The van der Waals surface area contributed by atoms with Crippen LogP contribution in [0.25, 0.3) is 0 Å². The number of hydrogen-bond acceptors (Lipinski definition) is 9. The van der Waals surface area contributed by atoms with E-state index in [0.29, 0.717) is 29.4 Å². The van der Waals surface area contributed by atoms with Gasteiger partial charge in [-0.2, -0.15) is 9.90 Å². The van der Waals surface area contributed by atoms with Crippen molar-refractivity contribution in [3.63, 3.8) is 0 Å². The molecule has 3 N–H and O–H groups in total. The van der Waals surface area contributed by atoms with E-state index >= 15 is 0 Å². The van der Waals surface area contributed by atoms with Gasteiger partial charge < -0.3 is 30.3 Å². The third kappa shape index (κ3) is 6.28. The molecule has 220 valence electrons. The Morgan fingerprint density at radius 3 is 2.51 bits per heavy atom. The van der Waals surface area contributed by atoms with E-state index < -0.39 is 16.4 Å². The number of piperidine rings is 1. The molecule has 1 aliphatic heterocycles. The van der Waals surface area contributed by atoms with Gasteiger partial charge in [0.25, 0.3) is 0 Å². The molecule has 1 saturated carbocycles. The first-order valence-electron chi connectivity index (χ1n) is 13.1. The summed E-state index contributed by atoms with van der Waals surface area (Å²) in [5, 5.41) is 22.7. The molecule has 4 unspecified atom stereocenters. The minimum absolute atomic E-state index is 0.0591. The number of aryl methyl sites for hydroxylation is 2. The standard InChI is InChI=1S/C23H23FN6O2S.C5H13NO2/c1-14-7-21(27-17-5-3-16(24)4-6-17)15(9-25)8-18(14)23-13-30(11-19(23)20(23)12-31)33(32)22-10-26-29(2)28-22;1-6-4-5(7-2)8-3/h3-10,12,19-20,25,27H,11,13H2,1-2H3;5-6H,4H2,1-3H3. The number of likely N-dealkylation sites (N-methyl/N-ethyl adjacent to an activating group) is 1. The predicted molar refractivity (Wildman–Crippen MR) is 154 cm³/mol. The average molecular weight is 586 g/mol. The van der Waals surface area contributed by atoms with Crippen LogP contribution in [0.15, 0.2) is 47.6 Å². The second kappa shape index (κ2) is 13.1. The van der Waals surface area contributed by atoms with Crippen LogP contribution >= 0.6 is 0 Å². The maximum Gasteiger partial charge on any atom is 0.185 e. The van der Waals surface area contributed by atoms with Crippen molar-refractivity contribution in [3.8, 4) is 0 Å². The lowest BCUT2D eigenvalue weighted by Crippen LogP contribution is -2.32. The molecule has 1 saturated heterocycles. The Bertz CT molecular complexity index is 1400. The highest BCUT2D eigenvalue weighted by Crippen LogP contribution is 2.64. The summed E-state index contributed by atoms with van der Waals surface area (Å²) in [6.07, 6.45) is 3.66. The van der Waals surface area contributed by atoms with Crippen LogP contribution in [-0.4, -0.2) is 83.2 Å². The summed E-state index contributed by atoms with van der Waals surface area (Å²) in [6, 6.07) is 9.93. The lowest BCUT2D eigenvalue weighted by molar-refractivity contribution is -0.109. The number of aromatic nitrogens is 3. The fourth-order valence-corrected chi connectivity index (χ4v) is 6.76. The molecule has 3 aromatic rings. The molecular weight excluding hydrogens is 549 g/mol. The van der Waals surface area contributed by atoms with Gasteiger partial charge in [0.15, 0.2) is 11.3 Å². The van der Waals surface area contributed by atoms with E-state index in [1.54, 1.807) is 33.4 Å². The van der Waals surface area contributed by atoms with Gasteiger partial charge in [-0.25, -0.2) is 12.9 Å². The van der Waals surface area contributed by atoms with Gasteiger partial charge in [-0.15, -0.1) is 5.10 Å². The number of methoxy groups -OCH3 is 2. The first kappa shape index (κ1) is 30.6. The van der Waals surface area contributed by atoms with Crippen molar-refractivity contribution in [1.82, 2.24) is 24.6 Å². The molecular formula is C28H36FN7O4S. The molecule has 2 heterocycles. The molecule has 5 rings (SSSR count). The minimum atomic E-state index is -1.46. The summed E-state index contributed by atoms with van der Waals surface area (Å²) in [5.74, 6) is -0.410. The molecule has 1 aliphatic carbocycles. The number of nitrogens with zero attached hydrogens (tertiary/aromatic N) is 4. The van der Waals surface area contributed by atoms with Gasteiger partial charge in [0.1, 0.15) is 23.1 Å². The molecule has 4 atom stereocenters. The lowest BCUT2D eigenvalue weighted by atomic mass is 9.87. The summed E-state index contributed by atoms with van der Waals surface area (Å²) < 4.78 is 37.9. The molecule has 2 aromatic carbocycles. The van der Waals surface area contributed by atoms with Crippen molar-refractivity contribution >= 4 is 34.9 Å². The zero-order valence-electron chi connectivity index (χ0n) is 23.8. The maximum atomic E-state index is 13.2. The zero-order chi connectivity index (χ0) is 29.7. The van der Waals surface area contributed by atoms with Gasteiger partial charge in [-0.1, -0.05) is 0 Å². The molecule has 11 nitrogen and oxygen atoms in total. The van der Waals surface area contributed by atoms with Crippen LogP contribution in [-0.2, 0) is 37.7 Å². The topological polar surface area (TPSA) is 134 Å². The Kier molecular flexibility index (Phi) is 9.76. The molecule has 2 aliphatic rings. The van der Waals surface area contributed by atoms with Crippen LogP contribution in [0.4, 0.5) is 15.8 Å². The summed E-state index contributed by atoms with van der Waals surface area (Å²) in [5.41, 5.74) is 3.64. The van der Waals surface area contributed by atoms with E-state index in [1.165, 1.54) is 29.3 Å². The smallest absolute Gasteiger partial charge is 0.185 e. The number of benzene rings is 2. The molecule has 0 radical (unpaired) electrons. The fraction of sp³-hybridized carbons (Fsp3) is 0.429. The highest BCUT2D eigenvalue weighted by molar-refractivity contribution is 7.82. The van der Waals surface area contributed by atoms with E-state index in [0.717, 1.165) is 29.6 Å². The van der Waals surface area contributed by atoms with Crippen LogP contribution in [0.2, 0.25) is 0 Å². The van der Waals surface area contributed by atoms with E-state index in [9.17, 15) is 13.4 Å². The monoisotopic (exact) mass is 585 g/mol. The minimum Gasteiger partial charge on any atom is -0.355 e. The van der Waals surface area contributed by atoms with Gasteiger partial charge in [-0.3, -0.25) is 0 Å². The molecule has 2 fully saturated rings. The first-order chi connectivity index (χ1) is 19.7. The Morgan fingerprint density at radius 2 is 1.98 bits per heavy atom. The Morgan fingerprint density at radius 1 is 1.27 bits per heavy atom. The van der Waals surface area contributed by atoms with E-state index in [-0.39, 0.29) is 23.9 Å². The van der Waals surface area contributed by atoms with Crippen LogP contribution in [0.3, 0.4) is 0 Å². The Balaban J connectivity index is 0.000000426. The van der Waals surface area contributed by atoms with Crippen LogP contribution in [0.5, 0.6) is 0 Å². The number of aldehydes is 1. The Labute approximate surface area is 241 Å². The third-order valence-corrected chi connectivity index (χ3v) is 8.92. The second-order valence-corrected chi connectivity index (χ2v) is 11.5. The van der Waals surface area contributed by atoms with Gasteiger partial charge >= 0.3 is 0 Å². The fourth-order valence-electron chi connectivity index (χ4n) is 5.54. The number of carbonyl (C=O) groups is 1. The quantitative estimate of drug-likeness (QED) is 0.178. The third-order valence-electron chi connectivity index (χ3n) is 7.63. The van der Waals surface area contributed by atoms with Crippen molar-refractivity contribution in [2.45, 2.75) is 23.7 Å². The molecule has 0 bridgehead atoms. The van der Waals surface area contributed by atoms with E-state index in [1.807, 2.05) is 30.4 Å². The summed E-state index contributed by atoms with van der Waals surface area (Å²) in [6.45, 7) is 3.70. The maximum absolute atomic E-state index is 13.2. The Hall–Kier alpha value is -3.36. The number of ether oxygens (including phenoxy) is 2. The summed E-state index contributed by atoms with van der Waals surface area (Å²) >= 11 is 0. The first-order valence-corrected chi connectivity index (χ1v) is 14.2. The molecule has 13 heteroatoms. The van der Waals surface area contributed by atoms with Crippen LogP contribution in [0, 0.1) is 30.0 Å². The SMILES string of the molecule is CNCC(OC)OC.Cc1cc(Nc2ccc(F)cc2)c(C=N)cc1C12CN(S(=O)c3cnn(C)n3)CC1C2C=O. The predicted octanol–water partition coefficient (Wildman–Crippen LogP) is 2.55. The lowest BCUT2D eigenvalue weighted by Gasteiger charge is -2.23. The van der Waals surface area contributed by atoms with Gasteiger partial charge in [0, 0.05) is 75.4 Å². The molecule has 0 amide bonds. The number of anilines is 2. The van der Waals surface area contributed by atoms with Crippen molar-refractivity contribution in [3.05, 3.63) is 65.1 Å². The number of fused-ring (bicyclic) bond motifs is 1. The van der Waals surface area contributed by atoms with E-state index in [4.69, 9.17) is 14.9 Å². The number of hydrogen-bond donors (Lipinski definition) is 3. The molecule has 1 aromatic heterocycles. The highest BCUT2D eigenvalue weighted by Gasteiger charge is 2.70. The summed E-state index contributed by atoms with van der Waals surface area (Å²) in [4.78, 5) is 13.3. The van der Waals surface area contributed by atoms with Crippen molar-refractivity contribution < 1.29 is 22.9 Å². The summed E-state index contributed by atoms with van der Waals surface area (Å²) in [7, 11) is 5.31. The van der Waals surface area contributed by atoms with Crippen molar-refractivity contribution in [2.24, 2.45) is 18.9 Å². The highest BCUT2D eigenvalue weighted by atomic mass is 32.2. The second-order valence-electron chi connectivity index (χ2n) is 10.0. The van der Waals surface area contributed by atoms with Gasteiger partial charge in [-0.05, 0) is 67.4 Å². The zero-order valence-corrected chi connectivity index (χ0v) is 24.6. The van der Waals surface area contributed by atoms with Crippen LogP contribution < -0.4 is 10.6 Å². The average Bonchev–Trinajstić information content (AvgIpc) is 3.23. The normalized spacial score (nSPS) is 22.0. The number of carbonyl (C=O) groups excluding carboxylic acids is 1. The van der Waals surface area contributed by atoms with E-state index in [2.05, 4.69) is 20.8 Å². The number of halogens is 1. The van der Waals surface area contributed by atoms with Gasteiger partial charge in [0.2, 0.25) is 0 Å². The van der Waals surface area contributed by atoms with Crippen molar-refractivity contribution in [1.29, 1.82) is 5.41 Å². The number of rotatable bonds is 11. The molecule has 41 heavy (non-hydrogen) atoms. The molecule has 0 spiro atoms.